The number of pyridine rings is 1. The van der Waals surface area contributed by atoms with E-state index in [0.29, 0.717) is 11.6 Å². The quantitative estimate of drug-likeness (QED) is 0.878. The van der Waals surface area contributed by atoms with Crippen molar-refractivity contribution in [2.45, 2.75) is 19.8 Å². The maximum atomic E-state index is 12.3. The minimum atomic E-state index is 0.0451. The summed E-state index contributed by atoms with van der Waals surface area (Å²) in [7, 11) is 0. The Bertz CT molecular complexity index is 374. The molecule has 1 aliphatic heterocycles. The summed E-state index contributed by atoms with van der Waals surface area (Å²) >= 11 is 0. The summed E-state index contributed by atoms with van der Waals surface area (Å²) in [4.78, 5) is 18.3. The molecule has 1 atom stereocenters. The Balaban J connectivity index is 1.97. The van der Waals surface area contributed by atoms with Crippen LogP contribution in [0.4, 0.5) is 0 Å². The molecule has 1 fully saturated rings. The van der Waals surface area contributed by atoms with Crippen LogP contribution in [0, 0.1) is 5.92 Å². The average Bonchev–Trinajstić information content (AvgIpc) is 2.46. The molecule has 4 nitrogen and oxygen atoms in total. The normalized spacial score (nSPS) is 19.5. The Morgan fingerprint density at radius 3 is 3.06 bits per heavy atom. The van der Waals surface area contributed by atoms with E-state index in [0.717, 1.165) is 26.2 Å². The van der Waals surface area contributed by atoms with Crippen molar-refractivity contribution in [3.63, 3.8) is 0 Å². The minimum absolute atomic E-state index is 0.0451. The maximum absolute atomic E-state index is 12.3. The Labute approximate surface area is 108 Å². The largest absolute Gasteiger partial charge is 0.337 e. The lowest BCUT2D eigenvalue weighted by atomic mass is 9.99. The number of nitrogens with zero attached hydrogens (tertiary/aromatic N) is 2. The summed E-state index contributed by atoms with van der Waals surface area (Å²) in [5.74, 6) is 0.620. The van der Waals surface area contributed by atoms with Crippen LogP contribution in [0.15, 0.2) is 24.4 Å². The van der Waals surface area contributed by atoms with Gasteiger partial charge in [0.05, 0.1) is 0 Å². The third-order valence-electron chi connectivity index (χ3n) is 3.43. The van der Waals surface area contributed by atoms with Crippen LogP contribution in [0.2, 0.25) is 0 Å². The van der Waals surface area contributed by atoms with E-state index in [9.17, 15) is 4.79 Å². The van der Waals surface area contributed by atoms with E-state index in [1.54, 1.807) is 12.3 Å². The van der Waals surface area contributed by atoms with E-state index in [2.05, 4.69) is 10.3 Å². The van der Waals surface area contributed by atoms with E-state index < -0.39 is 0 Å². The summed E-state index contributed by atoms with van der Waals surface area (Å²) < 4.78 is 0. The molecule has 0 aromatic carbocycles. The molecule has 1 amide bonds. The molecule has 0 radical (unpaired) electrons. The Hall–Kier alpha value is -1.42. The number of rotatable bonds is 4. The molecule has 18 heavy (non-hydrogen) atoms. The number of aromatic nitrogens is 1. The van der Waals surface area contributed by atoms with Crippen LogP contribution in [0.25, 0.3) is 0 Å². The zero-order chi connectivity index (χ0) is 12.8. The Morgan fingerprint density at radius 1 is 1.56 bits per heavy atom. The zero-order valence-electron chi connectivity index (χ0n) is 10.9. The van der Waals surface area contributed by atoms with Crippen LogP contribution in [0.1, 0.15) is 30.3 Å². The number of carbonyl (C=O) groups is 1. The molecule has 1 saturated heterocycles. The fourth-order valence-electron chi connectivity index (χ4n) is 2.40. The van der Waals surface area contributed by atoms with Crippen LogP contribution in [0.5, 0.6) is 0 Å². The minimum Gasteiger partial charge on any atom is -0.337 e. The molecule has 2 rings (SSSR count). The molecular weight excluding hydrogens is 226 g/mol. The molecule has 1 unspecified atom stereocenters. The van der Waals surface area contributed by atoms with Gasteiger partial charge in [-0.3, -0.25) is 9.78 Å². The fourth-order valence-corrected chi connectivity index (χ4v) is 2.40. The van der Waals surface area contributed by atoms with E-state index in [4.69, 9.17) is 0 Å². The molecular formula is C14H21N3O. The second kappa shape index (κ2) is 6.50. The topological polar surface area (TPSA) is 45.2 Å². The Morgan fingerprint density at radius 2 is 2.44 bits per heavy atom. The highest BCUT2D eigenvalue weighted by atomic mass is 16.2. The van der Waals surface area contributed by atoms with Crippen molar-refractivity contribution in [1.29, 1.82) is 0 Å². The van der Waals surface area contributed by atoms with Gasteiger partial charge < -0.3 is 10.2 Å². The summed E-state index contributed by atoms with van der Waals surface area (Å²) in [5, 5.41) is 3.39. The molecule has 0 saturated carbocycles. The second-order valence-corrected chi connectivity index (χ2v) is 4.77. The smallest absolute Gasteiger partial charge is 0.272 e. The van der Waals surface area contributed by atoms with Crippen LogP contribution >= 0.6 is 0 Å². The van der Waals surface area contributed by atoms with Gasteiger partial charge in [0.15, 0.2) is 0 Å². The lowest BCUT2D eigenvalue weighted by molar-refractivity contribution is 0.0723. The zero-order valence-corrected chi connectivity index (χ0v) is 10.9. The average molecular weight is 247 g/mol. The number of hydrogen-bond donors (Lipinski definition) is 1. The third-order valence-corrected chi connectivity index (χ3v) is 3.43. The lowest BCUT2D eigenvalue weighted by Gasteiger charge is -2.29. The standard InChI is InChI=1S/C14H21N3O/c1-2-17(11-12-6-5-8-15-10-12)14(18)13-7-3-4-9-16-13/h3-4,7,9,12,15H,2,5-6,8,10-11H2,1H3. The van der Waals surface area contributed by atoms with Gasteiger partial charge in [-0.2, -0.15) is 0 Å². The van der Waals surface area contributed by atoms with Gasteiger partial charge in [-0.25, -0.2) is 0 Å². The number of amides is 1. The first kappa shape index (κ1) is 13.0. The summed E-state index contributed by atoms with van der Waals surface area (Å²) in [6.07, 6.45) is 4.09. The van der Waals surface area contributed by atoms with Crippen LogP contribution < -0.4 is 5.32 Å². The number of carbonyl (C=O) groups excluding carboxylic acids is 1. The number of piperidine rings is 1. The van der Waals surface area contributed by atoms with Gasteiger partial charge in [-0.05, 0) is 50.9 Å². The summed E-state index contributed by atoms with van der Waals surface area (Å²) in [6.45, 7) is 5.73. The Kier molecular flexibility index (Phi) is 4.70. The van der Waals surface area contributed by atoms with Crippen molar-refractivity contribution >= 4 is 5.91 Å². The van der Waals surface area contributed by atoms with Gasteiger partial charge in [0.25, 0.3) is 5.91 Å². The highest BCUT2D eigenvalue weighted by molar-refractivity contribution is 5.92. The van der Waals surface area contributed by atoms with E-state index >= 15 is 0 Å². The SMILES string of the molecule is CCN(CC1CCCNC1)C(=O)c1ccccn1. The molecule has 1 aliphatic rings. The van der Waals surface area contributed by atoms with Gasteiger partial charge in [-0.15, -0.1) is 0 Å². The van der Waals surface area contributed by atoms with Crippen LogP contribution in [0.3, 0.4) is 0 Å². The van der Waals surface area contributed by atoms with E-state index in [1.807, 2.05) is 24.0 Å². The predicted molar refractivity (Wildman–Crippen MR) is 71.4 cm³/mol. The van der Waals surface area contributed by atoms with Crippen LogP contribution in [-0.4, -0.2) is 42.0 Å². The maximum Gasteiger partial charge on any atom is 0.272 e. The van der Waals surface area contributed by atoms with Gasteiger partial charge in [-0.1, -0.05) is 6.07 Å². The van der Waals surface area contributed by atoms with Gasteiger partial charge >= 0.3 is 0 Å². The van der Waals surface area contributed by atoms with Gasteiger partial charge in [0.1, 0.15) is 5.69 Å². The molecule has 0 aliphatic carbocycles. The van der Waals surface area contributed by atoms with Crippen molar-refractivity contribution in [3.05, 3.63) is 30.1 Å². The van der Waals surface area contributed by atoms with E-state index in [1.165, 1.54) is 12.8 Å². The fraction of sp³-hybridized carbons (Fsp3) is 0.571. The van der Waals surface area contributed by atoms with Crippen molar-refractivity contribution < 1.29 is 4.79 Å². The molecule has 2 heterocycles. The molecule has 1 aromatic heterocycles. The summed E-state index contributed by atoms with van der Waals surface area (Å²) in [5.41, 5.74) is 0.545. The van der Waals surface area contributed by atoms with Gasteiger partial charge in [0.2, 0.25) is 0 Å². The first-order valence-corrected chi connectivity index (χ1v) is 6.72. The first-order valence-electron chi connectivity index (χ1n) is 6.72. The van der Waals surface area contributed by atoms with E-state index in [-0.39, 0.29) is 5.91 Å². The predicted octanol–water partition coefficient (Wildman–Crippen LogP) is 1.54. The molecule has 0 bridgehead atoms. The van der Waals surface area contributed by atoms with Crippen molar-refractivity contribution in [2.75, 3.05) is 26.2 Å². The summed E-state index contributed by atoms with van der Waals surface area (Å²) in [6, 6.07) is 5.47. The third kappa shape index (κ3) is 3.29. The monoisotopic (exact) mass is 247 g/mol. The van der Waals surface area contributed by atoms with Crippen molar-refractivity contribution in [1.82, 2.24) is 15.2 Å². The first-order chi connectivity index (χ1) is 8.81. The molecule has 0 spiro atoms. The second-order valence-electron chi connectivity index (χ2n) is 4.77. The highest BCUT2D eigenvalue weighted by Gasteiger charge is 2.21. The van der Waals surface area contributed by atoms with Crippen LogP contribution in [-0.2, 0) is 0 Å². The lowest BCUT2D eigenvalue weighted by Crippen LogP contribution is -2.41. The molecule has 1 aromatic rings. The highest BCUT2D eigenvalue weighted by Crippen LogP contribution is 2.13. The van der Waals surface area contributed by atoms with Gasteiger partial charge in [0, 0.05) is 19.3 Å². The molecule has 1 N–H and O–H groups in total. The number of hydrogen-bond acceptors (Lipinski definition) is 3. The molecule has 4 heteroatoms. The van der Waals surface area contributed by atoms with Crippen molar-refractivity contribution in [3.8, 4) is 0 Å². The molecule has 98 valence electrons. The van der Waals surface area contributed by atoms with Crippen molar-refractivity contribution in [2.24, 2.45) is 5.92 Å². The number of nitrogens with one attached hydrogen (secondary N) is 1.